The Morgan fingerprint density at radius 1 is 1.50 bits per heavy atom. The summed E-state index contributed by atoms with van der Waals surface area (Å²) in [6.45, 7) is 2.80. The monoisotopic (exact) mass is 187 g/mol. The first-order chi connectivity index (χ1) is 5.74. The third-order valence-corrected chi connectivity index (χ3v) is 1.73. The second kappa shape index (κ2) is 4.31. The molecule has 0 radical (unpaired) electrons. The first-order valence-electron chi connectivity index (χ1n) is 3.93. The smallest absolute Gasteiger partial charge is 0.147 e. The highest BCUT2D eigenvalue weighted by Gasteiger charge is 2.00. The number of benzene rings is 1. The Bertz CT molecular complexity index is 263. The minimum atomic E-state index is -0.295. The first kappa shape index (κ1) is 9.33. The lowest BCUT2D eigenvalue weighted by Crippen LogP contribution is -2.01. The summed E-state index contributed by atoms with van der Waals surface area (Å²) in [6, 6.07) is 4.62. The largest absolute Gasteiger partial charge is 0.383 e. The summed E-state index contributed by atoms with van der Waals surface area (Å²) >= 11 is 5.58. The van der Waals surface area contributed by atoms with Crippen molar-refractivity contribution in [3.63, 3.8) is 0 Å². The van der Waals surface area contributed by atoms with Crippen molar-refractivity contribution in [3.8, 4) is 0 Å². The van der Waals surface area contributed by atoms with Gasteiger partial charge in [-0.25, -0.2) is 4.39 Å². The highest BCUT2D eigenvalue weighted by molar-refractivity contribution is 6.30. The molecular weight excluding hydrogens is 177 g/mol. The molecule has 0 bridgehead atoms. The van der Waals surface area contributed by atoms with E-state index in [0.29, 0.717) is 10.7 Å². The predicted molar refractivity (Wildman–Crippen MR) is 50.2 cm³/mol. The predicted octanol–water partition coefficient (Wildman–Crippen LogP) is 3.30. The minimum Gasteiger partial charge on any atom is -0.383 e. The van der Waals surface area contributed by atoms with Crippen LogP contribution in [-0.4, -0.2) is 6.54 Å². The SMILES string of the molecule is CCCNc1ccc(Cl)cc1F. The molecule has 0 amide bonds. The average molecular weight is 188 g/mol. The van der Waals surface area contributed by atoms with Gasteiger partial charge in [0.05, 0.1) is 5.69 Å². The lowest BCUT2D eigenvalue weighted by molar-refractivity contribution is 0.630. The molecular formula is C9H11ClFN. The fraction of sp³-hybridized carbons (Fsp3) is 0.333. The summed E-state index contributed by atoms with van der Waals surface area (Å²) in [4.78, 5) is 0. The summed E-state index contributed by atoms with van der Waals surface area (Å²) in [5.74, 6) is -0.295. The van der Waals surface area contributed by atoms with Crippen LogP contribution in [0.25, 0.3) is 0 Å². The van der Waals surface area contributed by atoms with Gasteiger partial charge in [-0.05, 0) is 24.6 Å². The number of rotatable bonds is 3. The second-order valence-corrected chi connectivity index (χ2v) is 2.99. The Balaban J connectivity index is 2.72. The Morgan fingerprint density at radius 3 is 2.83 bits per heavy atom. The second-order valence-electron chi connectivity index (χ2n) is 2.55. The molecule has 0 aliphatic carbocycles. The average Bonchev–Trinajstić information content (AvgIpc) is 2.03. The lowest BCUT2D eigenvalue weighted by Gasteiger charge is -2.05. The van der Waals surface area contributed by atoms with Crippen LogP contribution in [0.3, 0.4) is 0 Å². The molecule has 66 valence electrons. The number of anilines is 1. The standard InChI is InChI=1S/C9H11ClFN/c1-2-5-12-9-4-3-7(10)6-8(9)11/h3-4,6,12H,2,5H2,1H3. The summed E-state index contributed by atoms with van der Waals surface area (Å²) in [7, 11) is 0. The summed E-state index contributed by atoms with van der Waals surface area (Å²) < 4.78 is 13.0. The first-order valence-corrected chi connectivity index (χ1v) is 4.30. The van der Waals surface area contributed by atoms with Gasteiger partial charge in [0.25, 0.3) is 0 Å². The Kier molecular flexibility index (Phi) is 3.35. The topological polar surface area (TPSA) is 12.0 Å². The molecule has 1 aromatic carbocycles. The van der Waals surface area contributed by atoms with Crippen molar-refractivity contribution in [3.05, 3.63) is 29.0 Å². The molecule has 0 unspecified atom stereocenters. The van der Waals surface area contributed by atoms with Gasteiger partial charge in [0.2, 0.25) is 0 Å². The van der Waals surface area contributed by atoms with E-state index in [4.69, 9.17) is 11.6 Å². The van der Waals surface area contributed by atoms with Crippen molar-refractivity contribution in [1.29, 1.82) is 0 Å². The van der Waals surface area contributed by atoms with Gasteiger partial charge in [-0.2, -0.15) is 0 Å². The van der Waals surface area contributed by atoms with Crippen molar-refractivity contribution in [2.24, 2.45) is 0 Å². The van der Waals surface area contributed by atoms with Gasteiger partial charge in [0.15, 0.2) is 0 Å². The zero-order valence-corrected chi connectivity index (χ0v) is 7.66. The molecule has 1 rings (SSSR count). The van der Waals surface area contributed by atoms with Crippen LogP contribution in [0.4, 0.5) is 10.1 Å². The van der Waals surface area contributed by atoms with E-state index in [9.17, 15) is 4.39 Å². The number of halogens is 2. The third-order valence-electron chi connectivity index (χ3n) is 1.50. The molecule has 1 N–H and O–H groups in total. The van der Waals surface area contributed by atoms with Crippen molar-refractivity contribution in [1.82, 2.24) is 0 Å². The van der Waals surface area contributed by atoms with Crippen LogP contribution in [0.15, 0.2) is 18.2 Å². The molecule has 0 aromatic heterocycles. The van der Waals surface area contributed by atoms with Crippen molar-refractivity contribution < 1.29 is 4.39 Å². The van der Waals surface area contributed by atoms with Gasteiger partial charge in [-0.15, -0.1) is 0 Å². The highest BCUT2D eigenvalue weighted by atomic mass is 35.5. The van der Waals surface area contributed by atoms with E-state index in [2.05, 4.69) is 5.32 Å². The van der Waals surface area contributed by atoms with Crippen LogP contribution in [0.1, 0.15) is 13.3 Å². The molecule has 0 saturated heterocycles. The van der Waals surface area contributed by atoms with Gasteiger partial charge < -0.3 is 5.32 Å². The highest BCUT2D eigenvalue weighted by Crippen LogP contribution is 2.18. The normalized spacial score (nSPS) is 9.92. The zero-order chi connectivity index (χ0) is 8.97. The molecule has 0 aliphatic heterocycles. The fourth-order valence-corrected chi connectivity index (χ4v) is 1.05. The Labute approximate surface area is 76.5 Å². The van der Waals surface area contributed by atoms with Gasteiger partial charge in [0, 0.05) is 11.6 Å². The van der Waals surface area contributed by atoms with Crippen molar-refractivity contribution in [2.75, 3.05) is 11.9 Å². The molecule has 12 heavy (non-hydrogen) atoms. The quantitative estimate of drug-likeness (QED) is 0.766. The summed E-state index contributed by atoms with van der Waals surface area (Å²) in [5.41, 5.74) is 0.515. The van der Waals surface area contributed by atoms with Crippen molar-refractivity contribution in [2.45, 2.75) is 13.3 Å². The van der Waals surface area contributed by atoms with E-state index in [-0.39, 0.29) is 5.82 Å². The van der Waals surface area contributed by atoms with E-state index in [1.165, 1.54) is 6.07 Å². The van der Waals surface area contributed by atoms with Crippen LogP contribution in [0, 0.1) is 5.82 Å². The number of hydrogen-bond acceptors (Lipinski definition) is 1. The molecule has 1 nitrogen and oxygen atoms in total. The van der Waals surface area contributed by atoms with E-state index >= 15 is 0 Å². The maximum Gasteiger partial charge on any atom is 0.147 e. The van der Waals surface area contributed by atoms with Gasteiger partial charge in [-0.3, -0.25) is 0 Å². The fourth-order valence-electron chi connectivity index (χ4n) is 0.893. The van der Waals surface area contributed by atoms with E-state index in [0.717, 1.165) is 13.0 Å². The molecule has 0 aliphatic rings. The van der Waals surface area contributed by atoms with Crippen LogP contribution >= 0.6 is 11.6 Å². The molecule has 0 fully saturated rings. The zero-order valence-electron chi connectivity index (χ0n) is 6.90. The molecule has 0 atom stereocenters. The van der Waals surface area contributed by atoms with E-state index < -0.39 is 0 Å². The molecule has 0 spiro atoms. The molecule has 0 saturated carbocycles. The van der Waals surface area contributed by atoms with Gasteiger partial charge in [-0.1, -0.05) is 18.5 Å². The van der Waals surface area contributed by atoms with Crippen LogP contribution in [0.5, 0.6) is 0 Å². The Hall–Kier alpha value is -0.760. The maximum atomic E-state index is 13.0. The van der Waals surface area contributed by atoms with E-state index in [1.54, 1.807) is 12.1 Å². The van der Waals surface area contributed by atoms with Crippen LogP contribution < -0.4 is 5.32 Å². The van der Waals surface area contributed by atoms with Gasteiger partial charge in [0.1, 0.15) is 5.82 Å². The number of nitrogens with one attached hydrogen (secondary N) is 1. The molecule has 3 heteroatoms. The van der Waals surface area contributed by atoms with Crippen LogP contribution in [-0.2, 0) is 0 Å². The molecule has 1 aromatic rings. The number of hydrogen-bond donors (Lipinski definition) is 1. The lowest BCUT2D eigenvalue weighted by atomic mass is 10.3. The minimum absolute atomic E-state index is 0.295. The summed E-state index contributed by atoms with van der Waals surface area (Å²) in [5, 5.41) is 3.38. The van der Waals surface area contributed by atoms with E-state index in [1.807, 2.05) is 6.92 Å². The Morgan fingerprint density at radius 2 is 2.25 bits per heavy atom. The van der Waals surface area contributed by atoms with Crippen molar-refractivity contribution >= 4 is 17.3 Å². The third kappa shape index (κ3) is 2.38. The van der Waals surface area contributed by atoms with Gasteiger partial charge >= 0.3 is 0 Å². The van der Waals surface area contributed by atoms with Crippen LogP contribution in [0.2, 0.25) is 5.02 Å². The maximum absolute atomic E-state index is 13.0. The molecule has 0 heterocycles. The summed E-state index contributed by atoms with van der Waals surface area (Å²) in [6.07, 6.45) is 0.974.